The van der Waals surface area contributed by atoms with Gasteiger partial charge in [0.15, 0.2) is 5.69 Å². The Morgan fingerprint density at radius 3 is 2.80 bits per heavy atom. The molecule has 7 nitrogen and oxygen atoms in total. The van der Waals surface area contributed by atoms with Crippen molar-refractivity contribution in [3.8, 4) is 17.5 Å². The van der Waals surface area contributed by atoms with Crippen molar-refractivity contribution in [1.29, 1.82) is 0 Å². The summed E-state index contributed by atoms with van der Waals surface area (Å²) in [5.41, 5.74) is 8.19. The molecule has 0 bridgehead atoms. The Labute approximate surface area is 174 Å². The van der Waals surface area contributed by atoms with Crippen LogP contribution in [0.1, 0.15) is 42.0 Å². The summed E-state index contributed by atoms with van der Waals surface area (Å²) < 4.78 is 1.69. The number of amides is 2. The summed E-state index contributed by atoms with van der Waals surface area (Å²) in [6.45, 7) is 4.57. The summed E-state index contributed by atoms with van der Waals surface area (Å²) in [7, 11) is 1.80. The van der Waals surface area contributed by atoms with Gasteiger partial charge in [0.2, 0.25) is 5.91 Å². The van der Waals surface area contributed by atoms with Crippen LogP contribution in [0.2, 0.25) is 0 Å². The Hall–Kier alpha value is -3.66. The first kappa shape index (κ1) is 19.6. The SMILES string of the molecule is CCc1nccc2c1c(C(N)=O)nn2-c1cccc(C#C[C@]2(C)CCN(C)C2=O)c1. The van der Waals surface area contributed by atoms with Crippen molar-refractivity contribution in [1.82, 2.24) is 19.7 Å². The third kappa shape index (κ3) is 3.20. The van der Waals surface area contributed by atoms with Crippen LogP contribution >= 0.6 is 0 Å². The van der Waals surface area contributed by atoms with E-state index in [4.69, 9.17) is 5.73 Å². The van der Waals surface area contributed by atoms with Gasteiger partial charge in [-0.15, -0.1) is 0 Å². The van der Waals surface area contributed by atoms with E-state index in [2.05, 4.69) is 21.9 Å². The maximum absolute atomic E-state index is 12.4. The van der Waals surface area contributed by atoms with Crippen molar-refractivity contribution in [2.75, 3.05) is 13.6 Å². The minimum atomic E-state index is -0.663. The van der Waals surface area contributed by atoms with Gasteiger partial charge >= 0.3 is 0 Å². The van der Waals surface area contributed by atoms with Crippen molar-refractivity contribution in [3.05, 3.63) is 53.5 Å². The average molecular weight is 401 g/mol. The van der Waals surface area contributed by atoms with Crippen LogP contribution in [-0.2, 0) is 11.2 Å². The lowest BCUT2D eigenvalue weighted by atomic mass is 9.89. The highest BCUT2D eigenvalue weighted by atomic mass is 16.2. The number of carbonyl (C=O) groups is 2. The number of rotatable bonds is 3. The Bertz CT molecular complexity index is 1230. The van der Waals surface area contributed by atoms with Gasteiger partial charge in [-0.3, -0.25) is 14.6 Å². The van der Waals surface area contributed by atoms with E-state index in [0.29, 0.717) is 24.8 Å². The molecule has 3 heterocycles. The number of aromatic nitrogens is 3. The number of nitrogens with two attached hydrogens (primary N) is 1. The summed E-state index contributed by atoms with van der Waals surface area (Å²) in [6, 6.07) is 9.38. The Balaban J connectivity index is 1.79. The summed E-state index contributed by atoms with van der Waals surface area (Å²) >= 11 is 0. The molecular weight excluding hydrogens is 378 g/mol. The van der Waals surface area contributed by atoms with Gasteiger partial charge in [-0.25, -0.2) is 4.68 Å². The molecule has 2 amide bonds. The molecule has 2 N–H and O–H groups in total. The fourth-order valence-electron chi connectivity index (χ4n) is 3.83. The molecular formula is C23H23N5O2. The van der Waals surface area contributed by atoms with E-state index in [1.54, 1.807) is 22.8 Å². The molecule has 0 radical (unpaired) electrons. The van der Waals surface area contributed by atoms with E-state index in [1.807, 2.05) is 44.2 Å². The van der Waals surface area contributed by atoms with Crippen LogP contribution in [0.4, 0.5) is 0 Å². The number of fused-ring (bicyclic) bond motifs is 1. The number of pyridine rings is 1. The van der Waals surface area contributed by atoms with Crippen LogP contribution < -0.4 is 5.73 Å². The van der Waals surface area contributed by atoms with Gasteiger partial charge in [0.25, 0.3) is 5.91 Å². The molecule has 1 aliphatic rings. The predicted octanol–water partition coefficient (Wildman–Crippen LogP) is 2.30. The maximum Gasteiger partial charge on any atom is 0.269 e. The third-order valence-electron chi connectivity index (χ3n) is 5.58. The van der Waals surface area contributed by atoms with Crippen molar-refractivity contribution in [2.45, 2.75) is 26.7 Å². The summed E-state index contributed by atoms with van der Waals surface area (Å²) in [5, 5.41) is 5.15. The fourth-order valence-corrected chi connectivity index (χ4v) is 3.83. The number of benzene rings is 1. The molecule has 1 fully saturated rings. The van der Waals surface area contributed by atoms with Crippen molar-refractivity contribution < 1.29 is 9.59 Å². The lowest BCUT2D eigenvalue weighted by molar-refractivity contribution is -0.131. The van der Waals surface area contributed by atoms with E-state index in [0.717, 1.165) is 22.5 Å². The van der Waals surface area contributed by atoms with Gasteiger partial charge in [-0.1, -0.05) is 24.8 Å². The molecule has 7 heteroatoms. The van der Waals surface area contributed by atoms with Crippen LogP contribution in [0.3, 0.4) is 0 Å². The molecule has 4 rings (SSSR count). The van der Waals surface area contributed by atoms with Gasteiger partial charge in [-0.05, 0) is 44.0 Å². The monoisotopic (exact) mass is 401 g/mol. The number of likely N-dealkylation sites (tertiary alicyclic amines) is 1. The van der Waals surface area contributed by atoms with E-state index in [1.165, 1.54) is 0 Å². The van der Waals surface area contributed by atoms with Crippen LogP contribution in [0.25, 0.3) is 16.6 Å². The molecule has 0 aliphatic carbocycles. The van der Waals surface area contributed by atoms with Gasteiger partial charge in [0.05, 0.1) is 22.3 Å². The molecule has 2 aromatic heterocycles. The zero-order chi connectivity index (χ0) is 21.5. The minimum absolute atomic E-state index is 0.0509. The molecule has 3 aromatic rings. The third-order valence-corrected chi connectivity index (χ3v) is 5.58. The van der Waals surface area contributed by atoms with Crippen molar-refractivity contribution in [2.24, 2.45) is 11.1 Å². The molecule has 1 aromatic carbocycles. The normalized spacial score (nSPS) is 18.5. The quantitative estimate of drug-likeness (QED) is 0.682. The van der Waals surface area contributed by atoms with Crippen LogP contribution in [0.5, 0.6) is 0 Å². The van der Waals surface area contributed by atoms with Crippen molar-refractivity contribution >= 4 is 22.7 Å². The predicted molar refractivity (Wildman–Crippen MR) is 114 cm³/mol. The number of primary amides is 1. The van der Waals surface area contributed by atoms with Crippen LogP contribution in [0, 0.1) is 17.3 Å². The highest BCUT2D eigenvalue weighted by Gasteiger charge is 2.39. The molecule has 1 atom stereocenters. The zero-order valence-corrected chi connectivity index (χ0v) is 17.3. The largest absolute Gasteiger partial charge is 0.364 e. The standard InChI is InChI=1S/C23H23N5O2/c1-4-17-19-18(9-12-25-17)28(26-20(19)21(24)29)16-7-5-6-15(14-16)8-10-23(2)11-13-27(3)22(23)30/h5-7,9,12,14H,4,11,13H2,1-3H3,(H2,24,29)/t23-/m1/s1. The zero-order valence-electron chi connectivity index (χ0n) is 17.3. The molecule has 152 valence electrons. The maximum atomic E-state index is 12.4. The molecule has 30 heavy (non-hydrogen) atoms. The number of carbonyl (C=O) groups excluding carboxylic acids is 2. The van der Waals surface area contributed by atoms with E-state index in [-0.39, 0.29) is 11.6 Å². The molecule has 1 saturated heterocycles. The highest BCUT2D eigenvalue weighted by molar-refractivity contribution is 6.05. The molecule has 0 spiro atoms. The average Bonchev–Trinajstić information content (AvgIpc) is 3.27. The molecule has 1 aliphatic heterocycles. The van der Waals surface area contributed by atoms with Gasteiger partial charge in [0, 0.05) is 25.4 Å². The summed E-state index contributed by atoms with van der Waals surface area (Å²) in [5.74, 6) is 5.76. The first-order valence-corrected chi connectivity index (χ1v) is 9.89. The summed E-state index contributed by atoms with van der Waals surface area (Å²) in [4.78, 5) is 30.4. The van der Waals surface area contributed by atoms with E-state index >= 15 is 0 Å². The van der Waals surface area contributed by atoms with E-state index < -0.39 is 11.3 Å². The van der Waals surface area contributed by atoms with Gasteiger partial charge in [0.1, 0.15) is 5.41 Å². The summed E-state index contributed by atoms with van der Waals surface area (Å²) in [6.07, 6.45) is 3.08. The second kappa shape index (κ2) is 7.30. The lowest BCUT2D eigenvalue weighted by Gasteiger charge is -2.14. The molecule has 0 unspecified atom stereocenters. The van der Waals surface area contributed by atoms with Gasteiger partial charge in [-0.2, -0.15) is 5.10 Å². The van der Waals surface area contributed by atoms with E-state index in [9.17, 15) is 9.59 Å². The lowest BCUT2D eigenvalue weighted by Crippen LogP contribution is -2.28. The smallest absolute Gasteiger partial charge is 0.269 e. The Morgan fingerprint density at radius 2 is 2.13 bits per heavy atom. The van der Waals surface area contributed by atoms with Crippen molar-refractivity contribution in [3.63, 3.8) is 0 Å². The number of hydrogen-bond acceptors (Lipinski definition) is 4. The second-order valence-electron chi connectivity index (χ2n) is 7.74. The second-order valence-corrected chi connectivity index (χ2v) is 7.74. The topological polar surface area (TPSA) is 94.1 Å². The number of aryl methyl sites for hydroxylation is 1. The number of nitrogens with zero attached hydrogens (tertiary/aromatic N) is 4. The first-order valence-electron chi connectivity index (χ1n) is 9.89. The Kier molecular flexibility index (Phi) is 4.78. The Morgan fingerprint density at radius 1 is 1.33 bits per heavy atom. The minimum Gasteiger partial charge on any atom is -0.364 e. The molecule has 0 saturated carbocycles. The van der Waals surface area contributed by atoms with Gasteiger partial charge < -0.3 is 10.6 Å². The van der Waals surface area contributed by atoms with Crippen LogP contribution in [0.15, 0.2) is 36.5 Å². The number of hydrogen-bond donors (Lipinski definition) is 1. The van der Waals surface area contributed by atoms with Crippen LogP contribution in [-0.4, -0.2) is 45.1 Å². The highest BCUT2D eigenvalue weighted by Crippen LogP contribution is 2.30. The fraction of sp³-hybridized carbons (Fsp3) is 0.304. The first-order chi connectivity index (χ1) is 14.3.